The molecule has 0 unspecified atom stereocenters. The predicted molar refractivity (Wildman–Crippen MR) is 52.4 cm³/mol. The number of hydrogen-bond acceptors (Lipinski definition) is 3. The molecule has 0 aliphatic rings. The van der Waals surface area contributed by atoms with Crippen LogP contribution < -0.4 is 0 Å². The van der Waals surface area contributed by atoms with Gasteiger partial charge >= 0.3 is 0 Å². The highest BCUT2D eigenvalue weighted by Gasteiger charge is 2.02. The van der Waals surface area contributed by atoms with Gasteiger partial charge in [0.2, 0.25) is 0 Å². The number of nitrogens with zero attached hydrogens (tertiary/aromatic N) is 2. The smallest absolute Gasteiger partial charge is 0.119 e. The highest BCUT2D eigenvalue weighted by molar-refractivity contribution is 5.50. The largest absolute Gasteiger partial charge is 0.508 e. The Kier molecular flexibility index (Phi) is 2.37. The molecule has 0 bridgehead atoms. The van der Waals surface area contributed by atoms with Crippen molar-refractivity contribution >= 4 is 5.52 Å². The van der Waals surface area contributed by atoms with Gasteiger partial charge in [0.05, 0.1) is 18.3 Å². The van der Waals surface area contributed by atoms with Crippen molar-refractivity contribution in [1.82, 2.24) is 9.38 Å². The Hall–Kier alpha value is -1.55. The van der Waals surface area contributed by atoms with Crippen LogP contribution in [0.4, 0.5) is 0 Å². The Morgan fingerprint density at radius 1 is 1.57 bits per heavy atom. The molecule has 2 aromatic heterocycles. The van der Waals surface area contributed by atoms with Crippen LogP contribution in [-0.4, -0.2) is 28.2 Å². The van der Waals surface area contributed by atoms with Crippen LogP contribution in [0.15, 0.2) is 24.5 Å². The van der Waals surface area contributed by atoms with E-state index in [0.717, 1.165) is 17.8 Å². The normalized spacial score (nSPS) is 10.9. The summed E-state index contributed by atoms with van der Waals surface area (Å²) in [6.07, 6.45) is 4.32. The number of aromatic nitrogens is 2. The first-order valence-electron chi connectivity index (χ1n) is 4.45. The molecular formula is C10H12N2O2. The molecule has 0 fully saturated rings. The number of methoxy groups -OCH3 is 1. The molecule has 4 nitrogen and oxygen atoms in total. The lowest BCUT2D eigenvalue weighted by molar-refractivity contribution is 0.200. The van der Waals surface area contributed by atoms with Crippen molar-refractivity contribution in [2.24, 2.45) is 0 Å². The van der Waals surface area contributed by atoms with Crippen molar-refractivity contribution in [2.45, 2.75) is 6.42 Å². The average Bonchev–Trinajstić information content (AvgIpc) is 2.57. The highest BCUT2D eigenvalue weighted by atomic mass is 16.5. The fraction of sp³-hybridized carbons (Fsp3) is 0.300. The van der Waals surface area contributed by atoms with Gasteiger partial charge in [0.15, 0.2) is 0 Å². The lowest BCUT2D eigenvalue weighted by Gasteiger charge is -2.00. The summed E-state index contributed by atoms with van der Waals surface area (Å²) in [4.78, 5) is 4.25. The van der Waals surface area contributed by atoms with Gasteiger partial charge in [-0.3, -0.25) is 0 Å². The number of ether oxygens (including phenoxy) is 1. The predicted octanol–water partition coefficient (Wildman–Crippen LogP) is 1.23. The topological polar surface area (TPSA) is 46.8 Å². The third kappa shape index (κ3) is 1.56. The van der Waals surface area contributed by atoms with Crippen molar-refractivity contribution < 1.29 is 9.84 Å². The van der Waals surface area contributed by atoms with Crippen LogP contribution in [0, 0.1) is 0 Å². The average molecular weight is 192 g/mol. The fourth-order valence-corrected chi connectivity index (χ4v) is 1.42. The molecule has 2 heterocycles. The van der Waals surface area contributed by atoms with Gasteiger partial charge in [-0.25, -0.2) is 4.98 Å². The van der Waals surface area contributed by atoms with E-state index in [1.54, 1.807) is 25.4 Å². The van der Waals surface area contributed by atoms with Crippen LogP contribution >= 0.6 is 0 Å². The quantitative estimate of drug-likeness (QED) is 0.795. The molecule has 0 saturated heterocycles. The van der Waals surface area contributed by atoms with Crippen LogP contribution in [0.25, 0.3) is 5.52 Å². The van der Waals surface area contributed by atoms with Crippen molar-refractivity contribution in [3.63, 3.8) is 0 Å². The summed E-state index contributed by atoms with van der Waals surface area (Å²) in [5.74, 6) is 1.21. The molecule has 2 aromatic rings. The van der Waals surface area contributed by atoms with Crippen LogP contribution in [0.2, 0.25) is 0 Å². The molecule has 0 spiro atoms. The second-order valence-electron chi connectivity index (χ2n) is 3.10. The van der Waals surface area contributed by atoms with E-state index in [0.29, 0.717) is 6.61 Å². The van der Waals surface area contributed by atoms with E-state index in [9.17, 15) is 5.11 Å². The number of imidazole rings is 1. The van der Waals surface area contributed by atoms with Gasteiger partial charge in [0, 0.05) is 25.8 Å². The van der Waals surface area contributed by atoms with Crippen molar-refractivity contribution in [2.75, 3.05) is 13.7 Å². The zero-order valence-corrected chi connectivity index (χ0v) is 7.97. The number of hydrogen-bond donors (Lipinski definition) is 1. The van der Waals surface area contributed by atoms with E-state index < -0.39 is 0 Å². The molecule has 14 heavy (non-hydrogen) atoms. The minimum atomic E-state index is 0.260. The van der Waals surface area contributed by atoms with E-state index in [1.807, 2.05) is 10.6 Å². The Balaban J connectivity index is 2.37. The number of pyridine rings is 1. The second kappa shape index (κ2) is 3.67. The van der Waals surface area contributed by atoms with E-state index in [4.69, 9.17) is 4.74 Å². The SMILES string of the molecule is COCCc1ncc2cc(O)ccn12. The van der Waals surface area contributed by atoms with Gasteiger partial charge in [-0.05, 0) is 6.07 Å². The maximum atomic E-state index is 9.25. The molecular weight excluding hydrogens is 180 g/mol. The lowest BCUT2D eigenvalue weighted by atomic mass is 10.4. The number of fused-ring (bicyclic) bond motifs is 1. The van der Waals surface area contributed by atoms with Crippen LogP contribution in [0.1, 0.15) is 5.82 Å². The van der Waals surface area contributed by atoms with Crippen LogP contribution in [0.3, 0.4) is 0 Å². The van der Waals surface area contributed by atoms with Gasteiger partial charge in [0.1, 0.15) is 11.6 Å². The Morgan fingerprint density at radius 2 is 2.43 bits per heavy atom. The first-order chi connectivity index (χ1) is 6.81. The van der Waals surface area contributed by atoms with Crippen molar-refractivity contribution in [3.05, 3.63) is 30.4 Å². The van der Waals surface area contributed by atoms with Gasteiger partial charge < -0.3 is 14.2 Å². The Labute approximate surface area is 81.8 Å². The summed E-state index contributed by atoms with van der Waals surface area (Å²) in [5.41, 5.74) is 0.899. The first kappa shape index (κ1) is 9.02. The zero-order chi connectivity index (χ0) is 9.97. The van der Waals surface area contributed by atoms with E-state index in [1.165, 1.54) is 0 Å². The molecule has 1 N–H and O–H groups in total. The monoisotopic (exact) mass is 192 g/mol. The molecule has 0 amide bonds. The van der Waals surface area contributed by atoms with Crippen molar-refractivity contribution in [3.8, 4) is 5.75 Å². The molecule has 0 aliphatic heterocycles. The van der Waals surface area contributed by atoms with Crippen molar-refractivity contribution in [1.29, 1.82) is 0 Å². The van der Waals surface area contributed by atoms with E-state index >= 15 is 0 Å². The minimum absolute atomic E-state index is 0.260. The molecule has 0 aliphatic carbocycles. The summed E-state index contributed by atoms with van der Waals surface area (Å²) in [5, 5.41) is 9.25. The molecule has 0 saturated carbocycles. The fourth-order valence-electron chi connectivity index (χ4n) is 1.42. The number of aromatic hydroxyl groups is 1. The summed E-state index contributed by atoms with van der Waals surface area (Å²) in [7, 11) is 1.67. The summed E-state index contributed by atoms with van der Waals surface area (Å²) < 4.78 is 6.93. The standard InChI is InChI=1S/C10H12N2O2/c1-14-5-3-10-11-7-8-6-9(13)2-4-12(8)10/h2,4,6-7,13H,3,5H2,1H3. The molecule has 0 radical (unpaired) electrons. The van der Waals surface area contributed by atoms with E-state index in [2.05, 4.69) is 4.98 Å². The minimum Gasteiger partial charge on any atom is -0.508 e. The second-order valence-corrected chi connectivity index (χ2v) is 3.10. The lowest BCUT2D eigenvalue weighted by Crippen LogP contribution is -1.99. The van der Waals surface area contributed by atoms with Gasteiger partial charge in [0.25, 0.3) is 0 Å². The summed E-state index contributed by atoms with van der Waals surface area (Å²) in [6.45, 7) is 0.653. The molecule has 74 valence electrons. The Bertz CT molecular complexity index is 437. The molecule has 0 atom stereocenters. The van der Waals surface area contributed by atoms with Crippen LogP contribution in [0.5, 0.6) is 5.75 Å². The first-order valence-corrected chi connectivity index (χ1v) is 4.45. The zero-order valence-electron chi connectivity index (χ0n) is 7.97. The Morgan fingerprint density at radius 3 is 3.21 bits per heavy atom. The maximum absolute atomic E-state index is 9.25. The van der Waals surface area contributed by atoms with Crippen LogP contribution in [-0.2, 0) is 11.2 Å². The molecule has 2 rings (SSSR count). The highest BCUT2D eigenvalue weighted by Crippen LogP contribution is 2.14. The van der Waals surface area contributed by atoms with Gasteiger partial charge in [-0.15, -0.1) is 0 Å². The third-order valence-electron chi connectivity index (χ3n) is 2.12. The molecule has 4 heteroatoms. The van der Waals surface area contributed by atoms with E-state index in [-0.39, 0.29) is 5.75 Å². The van der Waals surface area contributed by atoms with Gasteiger partial charge in [-0.1, -0.05) is 0 Å². The summed E-state index contributed by atoms with van der Waals surface area (Å²) >= 11 is 0. The maximum Gasteiger partial charge on any atom is 0.119 e. The number of rotatable bonds is 3. The van der Waals surface area contributed by atoms with Gasteiger partial charge in [-0.2, -0.15) is 0 Å². The summed E-state index contributed by atoms with van der Waals surface area (Å²) in [6, 6.07) is 3.33. The molecule has 0 aromatic carbocycles. The third-order valence-corrected chi connectivity index (χ3v) is 2.12.